The second-order valence-corrected chi connectivity index (χ2v) is 7.12. The number of halogens is 5. The van der Waals surface area contributed by atoms with Crippen LogP contribution in [0.5, 0.6) is 23.0 Å². The van der Waals surface area contributed by atoms with Crippen LogP contribution in [0, 0.1) is 11.3 Å². The number of hydrogen-bond acceptors (Lipinski definition) is 7. The minimum Gasteiger partial charge on any atom is -0.456 e. The highest BCUT2D eigenvalue weighted by atomic mass is 35.5. The second kappa shape index (κ2) is 8.60. The van der Waals surface area contributed by atoms with Crippen LogP contribution in [0.1, 0.15) is 16.1 Å². The Kier molecular flexibility index (Phi) is 5.80. The van der Waals surface area contributed by atoms with Crippen molar-refractivity contribution in [1.29, 1.82) is 5.26 Å². The molecule has 0 spiro atoms. The van der Waals surface area contributed by atoms with Gasteiger partial charge in [-0.2, -0.15) is 22.8 Å². The number of nitrogens with one attached hydrogen (secondary N) is 2. The molecule has 0 bridgehead atoms. The number of pyridine rings is 1. The van der Waals surface area contributed by atoms with E-state index in [1.54, 1.807) is 0 Å². The van der Waals surface area contributed by atoms with Crippen LogP contribution >= 0.6 is 11.6 Å². The lowest BCUT2D eigenvalue weighted by molar-refractivity contribution is -0.391. The van der Waals surface area contributed by atoms with E-state index < -0.39 is 29.6 Å². The number of benzene rings is 2. The third-order valence-corrected chi connectivity index (χ3v) is 4.64. The van der Waals surface area contributed by atoms with Gasteiger partial charge in [-0.15, -0.1) is 0 Å². The Labute approximate surface area is 193 Å². The van der Waals surface area contributed by atoms with Crippen molar-refractivity contribution in [3.63, 3.8) is 0 Å². The Morgan fingerprint density at radius 2 is 1.76 bits per heavy atom. The molecule has 1 aliphatic heterocycles. The fourth-order valence-corrected chi connectivity index (χ4v) is 2.95. The molecular formula is C21H11ClF4N4O4. The molecule has 34 heavy (non-hydrogen) atoms. The van der Waals surface area contributed by atoms with E-state index in [1.807, 2.05) is 6.07 Å². The van der Waals surface area contributed by atoms with Crippen molar-refractivity contribution in [2.75, 3.05) is 5.43 Å². The number of alkyl halides is 4. The third-order valence-electron chi connectivity index (χ3n) is 4.35. The highest BCUT2D eigenvalue weighted by Crippen LogP contribution is 2.47. The highest BCUT2D eigenvalue weighted by Gasteiger charge is 2.65. The Hall–Kier alpha value is -4.24. The number of anilines is 1. The molecule has 0 radical (unpaired) electrons. The molecule has 0 unspecified atom stereocenters. The van der Waals surface area contributed by atoms with Gasteiger partial charge >= 0.3 is 12.2 Å². The first-order chi connectivity index (χ1) is 16.1. The summed E-state index contributed by atoms with van der Waals surface area (Å²) in [5.41, 5.74) is 5.20. The minimum atomic E-state index is -4.90. The Balaban J connectivity index is 1.42. The van der Waals surface area contributed by atoms with Gasteiger partial charge in [0.2, 0.25) is 0 Å². The first-order valence-corrected chi connectivity index (χ1v) is 9.63. The Morgan fingerprint density at radius 1 is 1.03 bits per heavy atom. The maximum atomic E-state index is 13.4. The van der Waals surface area contributed by atoms with Crippen LogP contribution in [0.4, 0.5) is 23.2 Å². The molecule has 0 saturated carbocycles. The van der Waals surface area contributed by atoms with Gasteiger partial charge in [0.25, 0.3) is 5.91 Å². The fourth-order valence-electron chi connectivity index (χ4n) is 2.73. The van der Waals surface area contributed by atoms with Crippen molar-refractivity contribution < 1.29 is 36.6 Å². The number of hydrazine groups is 1. The quantitative estimate of drug-likeness (QED) is 0.375. The fraction of sp³-hybridized carbons (Fsp3) is 0.0952. The molecule has 8 nitrogen and oxygen atoms in total. The summed E-state index contributed by atoms with van der Waals surface area (Å²) in [5.74, 6) is -1.55. The average molecular weight is 495 g/mol. The maximum absolute atomic E-state index is 13.4. The molecule has 0 fully saturated rings. The van der Waals surface area contributed by atoms with E-state index in [-0.39, 0.29) is 22.0 Å². The van der Waals surface area contributed by atoms with Crippen LogP contribution in [-0.2, 0) is 0 Å². The standard InChI is InChI=1S/C21H11ClF4N4O4/c22-15-9-12(2-4-16(15)32-14-5-6-28-13(8-14)10-27)29-30-19(31)11-1-3-17-18(7-11)34-21(25,26)20(23,24)33-17/h1-9,29H,(H,30,31). The zero-order chi connectivity index (χ0) is 24.5. The van der Waals surface area contributed by atoms with Crippen molar-refractivity contribution in [3.05, 3.63) is 71.0 Å². The molecule has 0 aliphatic carbocycles. The highest BCUT2D eigenvalue weighted by molar-refractivity contribution is 6.32. The van der Waals surface area contributed by atoms with E-state index in [1.165, 1.54) is 36.5 Å². The zero-order valence-corrected chi connectivity index (χ0v) is 17.4. The summed E-state index contributed by atoms with van der Waals surface area (Å²) in [7, 11) is 0. The third kappa shape index (κ3) is 4.60. The van der Waals surface area contributed by atoms with Crippen molar-refractivity contribution in [3.8, 4) is 29.1 Å². The molecule has 2 aromatic carbocycles. The summed E-state index contributed by atoms with van der Waals surface area (Å²) in [6.45, 7) is 0. The zero-order valence-electron chi connectivity index (χ0n) is 16.6. The predicted octanol–water partition coefficient (Wildman–Crippen LogP) is 5.11. The SMILES string of the molecule is N#Cc1cc(Oc2ccc(NNC(=O)c3ccc4c(c3)OC(F)(F)C(F)(F)O4)cc2Cl)ccn1. The van der Waals surface area contributed by atoms with Gasteiger partial charge in [-0.3, -0.25) is 15.6 Å². The van der Waals surface area contributed by atoms with Crippen molar-refractivity contribution in [2.24, 2.45) is 0 Å². The molecular weight excluding hydrogens is 484 g/mol. The lowest BCUT2D eigenvalue weighted by atomic mass is 10.2. The average Bonchev–Trinajstić information content (AvgIpc) is 2.79. The van der Waals surface area contributed by atoms with Gasteiger partial charge in [0.05, 0.1) is 10.7 Å². The molecule has 2 N–H and O–H groups in total. The number of carbonyl (C=O) groups is 1. The van der Waals surface area contributed by atoms with E-state index in [2.05, 4.69) is 25.3 Å². The summed E-state index contributed by atoms with van der Waals surface area (Å²) >= 11 is 6.19. The molecule has 0 atom stereocenters. The van der Waals surface area contributed by atoms with E-state index in [0.717, 1.165) is 18.2 Å². The van der Waals surface area contributed by atoms with Crippen LogP contribution in [-0.4, -0.2) is 23.1 Å². The molecule has 1 aromatic heterocycles. The minimum absolute atomic E-state index is 0.159. The topological polar surface area (TPSA) is 106 Å². The Morgan fingerprint density at radius 3 is 2.47 bits per heavy atom. The number of hydrogen-bond donors (Lipinski definition) is 2. The molecule has 4 rings (SSSR count). The summed E-state index contributed by atoms with van der Waals surface area (Å²) in [5, 5.41) is 9.06. The van der Waals surface area contributed by atoms with Gasteiger partial charge in [0, 0.05) is 17.8 Å². The van der Waals surface area contributed by atoms with Gasteiger partial charge in [-0.1, -0.05) is 11.6 Å². The van der Waals surface area contributed by atoms with Crippen LogP contribution in [0.2, 0.25) is 5.02 Å². The van der Waals surface area contributed by atoms with Gasteiger partial charge < -0.3 is 14.2 Å². The number of amides is 1. The number of carbonyl (C=O) groups excluding carboxylic acids is 1. The summed E-state index contributed by atoms with van der Waals surface area (Å²) < 4.78 is 66.8. The largest absolute Gasteiger partial charge is 0.507 e. The van der Waals surface area contributed by atoms with E-state index in [4.69, 9.17) is 21.6 Å². The van der Waals surface area contributed by atoms with Crippen LogP contribution in [0.25, 0.3) is 0 Å². The summed E-state index contributed by atoms with van der Waals surface area (Å²) in [6, 6.07) is 12.1. The normalized spacial score (nSPS) is 15.1. The number of ether oxygens (including phenoxy) is 3. The second-order valence-electron chi connectivity index (χ2n) is 6.71. The lowest BCUT2D eigenvalue weighted by Gasteiger charge is -2.31. The molecule has 2 heterocycles. The van der Waals surface area contributed by atoms with Crippen molar-refractivity contribution >= 4 is 23.2 Å². The number of fused-ring (bicyclic) bond motifs is 1. The molecule has 0 saturated heterocycles. The first-order valence-electron chi connectivity index (χ1n) is 9.25. The van der Waals surface area contributed by atoms with Crippen LogP contribution < -0.4 is 25.1 Å². The molecule has 3 aromatic rings. The van der Waals surface area contributed by atoms with E-state index in [9.17, 15) is 22.4 Å². The maximum Gasteiger partial charge on any atom is 0.507 e. The van der Waals surface area contributed by atoms with Crippen molar-refractivity contribution in [1.82, 2.24) is 10.4 Å². The molecule has 1 amide bonds. The van der Waals surface area contributed by atoms with Gasteiger partial charge in [0.15, 0.2) is 11.5 Å². The predicted molar refractivity (Wildman–Crippen MR) is 109 cm³/mol. The van der Waals surface area contributed by atoms with E-state index >= 15 is 0 Å². The van der Waals surface area contributed by atoms with Crippen LogP contribution in [0.3, 0.4) is 0 Å². The number of aromatic nitrogens is 1. The monoisotopic (exact) mass is 494 g/mol. The van der Waals surface area contributed by atoms with Gasteiger partial charge in [-0.05, 0) is 42.5 Å². The summed E-state index contributed by atoms with van der Waals surface area (Å²) in [6.07, 6.45) is -8.35. The van der Waals surface area contributed by atoms with Gasteiger partial charge in [0.1, 0.15) is 23.3 Å². The van der Waals surface area contributed by atoms with Gasteiger partial charge in [-0.25, -0.2) is 4.98 Å². The van der Waals surface area contributed by atoms with Crippen molar-refractivity contribution in [2.45, 2.75) is 12.2 Å². The molecule has 1 aliphatic rings. The Bertz CT molecular complexity index is 1320. The smallest absolute Gasteiger partial charge is 0.456 e. The first kappa shape index (κ1) is 22.9. The summed E-state index contributed by atoms with van der Waals surface area (Å²) in [4.78, 5) is 16.2. The number of nitrogens with zero attached hydrogens (tertiary/aromatic N) is 2. The lowest BCUT2D eigenvalue weighted by Crippen LogP contribution is -2.52. The number of rotatable bonds is 5. The number of nitriles is 1. The van der Waals surface area contributed by atoms with Crippen LogP contribution in [0.15, 0.2) is 54.7 Å². The molecule has 174 valence electrons. The molecule has 13 heteroatoms. The van der Waals surface area contributed by atoms with E-state index in [0.29, 0.717) is 11.4 Å².